The van der Waals surface area contributed by atoms with Crippen LogP contribution in [0.25, 0.3) is 0 Å². The van der Waals surface area contributed by atoms with Crippen molar-refractivity contribution < 1.29 is 23.8 Å². The molecule has 0 heterocycles. The maximum atomic E-state index is 12.4. The third-order valence-electron chi connectivity index (χ3n) is 4.18. The van der Waals surface area contributed by atoms with Gasteiger partial charge in [-0.15, -0.1) is 0 Å². The number of ether oxygens (including phenoxy) is 3. The molecular weight excluding hydrogens is 370 g/mol. The summed E-state index contributed by atoms with van der Waals surface area (Å²) in [4.78, 5) is 24.6. The van der Waals surface area contributed by atoms with E-state index in [4.69, 9.17) is 14.2 Å². The molecule has 0 radical (unpaired) electrons. The third-order valence-corrected chi connectivity index (χ3v) is 4.18. The molecule has 1 amide bonds. The molecule has 0 aliphatic rings. The van der Waals surface area contributed by atoms with Crippen molar-refractivity contribution in [2.45, 2.75) is 33.3 Å². The van der Waals surface area contributed by atoms with Crippen molar-refractivity contribution in [1.29, 1.82) is 0 Å². The number of carbonyl (C=O) groups excluding carboxylic acids is 2. The van der Waals surface area contributed by atoms with E-state index in [-0.39, 0.29) is 5.91 Å². The van der Waals surface area contributed by atoms with Gasteiger partial charge in [-0.3, -0.25) is 4.79 Å². The largest absolute Gasteiger partial charge is 0.493 e. The van der Waals surface area contributed by atoms with Crippen LogP contribution in [0, 0.1) is 5.92 Å². The first-order valence-corrected chi connectivity index (χ1v) is 9.74. The Labute approximate surface area is 172 Å². The lowest BCUT2D eigenvalue weighted by atomic mass is 10.1. The number of hydrogen-bond donors (Lipinski definition) is 1. The minimum absolute atomic E-state index is 0.294. The predicted octanol–water partition coefficient (Wildman–Crippen LogP) is 3.63. The summed E-state index contributed by atoms with van der Waals surface area (Å²) < 4.78 is 16.3. The van der Waals surface area contributed by atoms with Crippen LogP contribution < -0.4 is 14.8 Å². The van der Waals surface area contributed by atoms with E-state index in [0.29, 0.717) is 42.6 Å². The zero-order valence-electron chi connectivity index (χ0n) is 17.4. The van der Waals surface area contributed by atoms with Crippen molar-refractivity contribution in [3.63, 3.8) is 0 Å². The van der Waals surface area contributed by atoms with Crippen LogP contribution in [0.2, 0.25) is 0 Å². The number of carbonyl (C=O) groups is 2. The van der Waals surface area contributed by atoms with Gasteiger partial charge in [0.1, 0.15) is 0 Å². The summed E-state index contributed by atoms with van der Waals surface area (Å²) in [7, 11) is 1.51. The molecule has 0 unspecified atom stereocenters. The monoisotopic (exact) mass is 399 g/mol. The van der Waals surface area contributed by atoms with Gasteiger partial charge in [0.05, 0.1) is 19.3 Å². The summed E-state index contributed by atoms with van der Waals surface area (Å²) in [5.74, 6) is 0.442. The number of amides is 1. The van der Waals surface area contributed by atoms with E-state index in [1.54, 1.807) is 25.1 Å². The number of rotatable bonds is 10. The molecule has 0 aromatic heterocycles. The lowest BCUT2D eigenvalue weighted by Crippen LogP contribution is -2.36. The van der Waals surface area contributed by atoms with Crippen LogP contribution in [0.1, 0.15) is 36.7 Å². The highest BCUT2D eigenvalue weighted by Crippen LogP contribution is 2.29. The Bertz CT molecular complexity index is 804. The molecule has 0 saturated carbocycles. The summed E-state index contributed by atoms with van der Waals surface area (Å²) in [5, 5.41) is 2.79. The number of methoxy groups -OCH3 is 1. The Morgan fingerprint density at radius 1 is 1.00 bits per heavy atom. The number of hydrogen-bond acceptors (Lipinski definition) is 5. The minimum Gasteiger partial charge on any atom is -0.493 e. The zero-order valence-corrected chi connectivity index (χ0v) is 17.4. The van der Waals surface area contributed by atoms with Crippen molar-refractivity contribution in [1.82, 2.24) is 5.32 Å². The van der Waals surface area contributed by atoms with Gasteiger partial charge in [-0.2, -0.15) is 0 Å². The molecule has 0 fully saturated rings. The average molecular weight is 399 g/mol. The van der Waals surface area contributed by atoms with E-state index < -0.39 is 12.1 Å². The molecule has 1 atom stereocenters. The van der Waals surface area contributed by atoms with E-state index in [9.17, 15) is 9.59 Å². The first-order valence-electron chi connectivity index (χ1n) is 9.74. The second kappa shape index (κ2) is 11.1. The van der Waals surface area contributed by atoms with Gasteiger partial charge in [-0.25, -0.2) is 4.79 Å². The zero-order chi connectivity index (χ0) is 21.2. The highest BCUT2D eigenvalue weighted by molar-refractivity contribution is 5.92. The van der Waals surface area contributed by atoms with Gasteiger partial charge >= 0.3 is 5.97 Å². The molecule has 2 aromatic rings. The Morgan fingerprint density at radius 2 is 1.72 bits per heavy atom. The molecule has 156 valence electrons. The lowest BCUT2D eigenvalue weighted by Gasteiger charge is -2.15. The van der Waals surface area contributed by atoms with Crippen LogP contribution in [-0.4, -0.2) is 38.2 Å². The lowest BCUT2D eigenvalue weighted by molar-refractivity contribution is -0.129. The molecule has 6 nitrogen and oxygen atoms in total. The maximum absolute atomic E-state index is 12.4. The predicted molar refractivity (Wildman–Crippen MR) is 111 cm³/mol. The first kappa shape index (κ1) is 22.3. The second-order valence-corrected chi connectivity index (χ2v) is 7.14. The molecular formula is C23H29NO5. The summed E-state index contributed by atoms with van der Waals surface area (Å²) in [6, 6.07) is 14.7. The van der Waals surface area contributed by atoms with E-state index in [0.717, 1.165) is 5.56 Å². The summed E-state index contributed by atoms with van der Waals surface area (Å²) in [6.07, 6.45) is -0.191. The standard InChI is InChI=1S/C23H29NO5/c1-16(2)15-28-20-11-10-19(14-21(20)27-4)23(26)29-17(3)22(25)24-13-12-18-8-6-5-7-9-18/h5-11,14,16-17H,12-13,15H2,1-4H3,(H,24,25)/t17-/m0/s1. The number of benzene rings is 2. The average Bonchev–Trinajstić information content (AvgIpc) is 2.72. The van der Waals surface area contributed by atoms with Crippen molar-refractivity contribution in [3.8, 4) is 11.5 Å². The molecule has 6 heteroatoms. The molecule has 0 saturated heterocycles. The van der Waals surface area contributed by atoms with Gasteiger partial charge in [0, 0.05) is 6.54 Å². The highest BCUT2D eigenvalue weighted by atomic mass is 16.5. The van der Waals surface area contributed by atoms with Gasteiger partial charge in [-0.05, 0) is 43.0 Å². The Morgan fingerprint density at radius 3 is 2.38 bits per heavy atom. The SMILES string of the molecule is COc1cc(C(=O)O[C@@H](C)C(=O)NCCc2ccccc2)ccc1OCC(C)C. The molecule has 0 spiro atoms. The van der Waals surface area contributed by atoms with Gasteiger partial charge in [0.2, 0.25) is 0 Å². The first-order chi connectivity index (χ1) is 13.9. The summed E-state index contributed by atoms with van der Waals surface area (Å²) in [5.41, 5.74) is 1.42. The summed E-state index contributed by atoms with van der Waals surface area (Å²) in [6.45, 7) is 6.66. The Balaban J connectivity index is 1.88. The second-order valence-electron chi connectivity index (χ2n) is 7.14. The van der Waals surface area contributed by atoms with E-state index >= 15 is 0 Å². The number of nitrogens with one attached hydrogen (secondary N) is 1. The fraction of sp³-hybridized carbons (Fsp3) is 0.391. The van der Waals surface area contributed by atoms with Gasteiger partial charge in [0.15, 0.2) is 17.6 Å². The van der Waals surface area contributed by atoms with Crippen LogP contribution in [0.5, 0.6) is 11.5 Å². The highest BCUT2D eigenvalue weighted by Gasteiger charge is 2.20. The van der Waals surface area contributed by atoms with Crippen molar-refractivity contribution in [3.05, 3.63) is 59.7 Å². The summed E-state index contributed by atoms with van der Waals surface area (Å²) >= 11 is 0. The topological polar surface area (TPSA) is 73.9 Å². The van der Waals surface area contributed by atoms with E-state index in [2.05, 4.69) is 5.32 Å². The number of esters is 1. The maximum Gasteiger partial charge on any atom is 0.339 e. The van der Waals surface area contributed by atoms with Gasteiger partial charge in [-0.1, -0.05) is 44.2 Å². The van der Waals surface area contributed by atoms with E-state index in [1.165, 1.54) is 7.11 Å². The Hall–Kier alpha value is -3.02. The molecule has 1 N–H and O–H groups in total. The van der Waals surface area contributed by atoms with Crippen LogP contribution in [0.4, 0.5) is 0 Å². The molecule has 2 aromatic carbocycles. The van der Waals surface area contributed by atoms with Crippen LogP contribution >= 0.6 is 0 Å². The normalized spacial score (nSPS) is 11.6. The fourth-order valence-corrected chi connectivity index (χ4v) is 2.57. The van der Waals surface area contributed by atoms with Crippen molar-refractivity contribution in [2.75, 3.05) is 20.3 Å². The van der Waals surface area contributed by atoms with E-state index in [1.807, 2.05) is 44.2 Å². The minimum atomic E-state index is -0.902. The van der Waals surface area contributed by atoms with Gasteiger partial charge in [0.25, 0.3) is 5.91 Å². The quantitative estimate of drug-likeness (QED) is 0.618. The van der Waals surface area contributed by atoms with Crippen LogP contribution in [-0.2, 0) is 16.0 Å². The fourth-order valence-electron chi connectivity index (χ4n) is 2.57. The molecule has 29 heavy (non-hydrogen) atoms. The van der Waals surface area contributed by atoms with Crippen LogP contribution in [0.3, 0.4) is 0 Å². The molecule has 0 aliphatic heterocycles. The smallest absolute Gasteiger partial charge is 0.339 e. The third kappa shape index (κ3) is 7.14. The van der Waals surface area contributed by atoms with Crippen molar-refractivity contribution in [2.24, 2.45) is 5.92 Å². The van der Waals surface area contributed by atoms with Gasteiger partial charge < -0.3 is 19.5 Å². The Kier molecular flexibility index (Phi) is 8.52. The molecule has 2 rings (SSSR count). The van der Waals surface area contributed by atoms with Crippen molar-refractivity contribution >= 4 is 11.9 Å². The van der Waals surface area contributed by atoms with Crippen LogP contribution in [0.15, 0.2) is 48.5 Å². The molecule has 0 aliphatic carbocycles. The molecule has 0 bridgehead atoms.